The van der Waals surface area contributed by atoms with Crippen molar-refractivity contribution in [3.63, 3.8) is 0 Å². The van der Waals surface area contributed by atoms with Crippen molar-refractivity contribution in [3.05, 3.63) is 47.3 Å². The molecule has 1 amide bonds. The third-order valence-corrected chi connectivity index (χ3v) is 3.24. The number of benzene rings is 1. The van der Waals surface area contributed by atoms with Crippen molar-refractivity contribution in [2.24, 2.45) is 0 Å². The maximum absolute atomic E-state index is 12.1. The molecule has 0 saturated carbocycles. The zero-order chi connectivity index (χ0) is 16.3. The number of carbonyl (C=O) groups excluding carboxylic acids is 1. The van der Waals surface area contributed by atoms with Crippen molar-refractivity contribution in [1.29, 1.82) is 0 Å². The fourth-order valence-corrected chi connectivity index (χ4v) is 2.20. The van der Waals surface area contributed by atoms with Gasteiger partial charge >= 0.3 is 6.09 Å². The van der Waals surface area contributed by atoms with Crippen LogP contribution in [-0.2, 0) is 11.2 Å². The minimum Gasteiger partial charge on any atom is -0.624 e. The molecule has 0 aliphatic carbocycles. The van der Waals surface area contributed by atoms with Crippen molar-refractivity contribution in [1.82, 2.24) is 4.98 Å². The zero-order valence-electron chi connectivity index (χ0n) is 13.4. The molecule has 2 aromatic rings. The molecule has 2 rings (SSSR count). The topological polar surface area (TPSA) is 66.7 Å². The Morgan fingerprint density at radius 2 is 2.05 bits per heavy atom. The molecule has 0 radical (unpaired) electrons. The third-order valence-electron chi connectivity index (χ3n) is 3.24. The van der Waals surface area contributed by atoms with E-state index in [1.165, 1.54) is 0 Å². The summed E-state index contributed by atoms with van der Waals surface area (Å²) in [7, 11) is 0. The van der Waals surface area contributed by atoms with E-state index in [1.807, 2.05) is 30.3 Å². The van der Waals surface area contributed by atoms with E-state index < -0.39 is 22.8 Å². The van der Waals surface area contributed by atoms with Crippen LogP contribution in [0.1, 0.15) is 33.3 Å². The SMILES string of the molecule is CC(Cc1cnc2ccccc2c1)[NH+]([O-])C(=O)OC(C)(C)C. The number of rotatable bonds is 3. The van der Waals surface area contributed by atoms with Crippen LogP contribution in [0.5, 0.6) is 0 Å². The number of nitrogens with zero attached hydrogens (tertiary/aromatic N) is 1. The van der Waals surface area contributed by atoms with E-state index in [9.17, 15) is 10.0 Å². The lowest BCUT2D eigenvalue weighted by Gasteiger charge is -2.28. The van der Waals surface area contributed by atoms with Gasteiger partial charge in [0, 0.05) is 18.0 Å². The van der Waals surface area contributed by atoms with Gasteiger partial charge in [0.2, 0.25) is 0 Å². The monoisotopic (exact) mass is 302 g/mol. The van der Waals surface area contributed by atoms with Crippen LogP contribution in [0.3, 0.4) is 0 Å². The second-order valence-electron chi connectivity index (χ2n) is 6.51. The van der Waals surface area contributed by atoms with Gasteiger partial charge in [-0.3, -0.25) is 10.0 Å². The molecule has 2 atom stereocenters. The highest BCUT2D eigenvalue weighted by atomic mass is 16.6. The number of pyridine rings is 1. The van der Waals surface area contributed by atoms with Crippen LogP contribution in [0.15, 0.2) is 36.5 Å². The summed E-state index contributed by atoms with van der Waals surface area (Å²) in [5.74, 6) is 0. The molecule has 5 heteroatoms. The summed E-state index contributed by atoms with van der Waals surface area (Å²) < 4.78 is 5.12. The molecule has 2 unspecified atom stereocenters. The van der Waals surface area contributed by atoms with Gasteiger partial charge in [-0.2, -0.15) is 4.79 Å². The highest BCUT2D eigenvalue weighted by molar-refractivity contribution is 5.78. The number of alkyl carbamates (subject to hydrolysis) is 1. The van der Waals surface area contributed by atoms with Crippen molar-refractivity contribution < 1.29 is 14.6 Å². The Balaban J connectivity index is 2.06. The summed E-state index contributed by atoms with van der Waals surface area (Å²) in [6.45, 7) is 6.98. The predicted molar refractivity (Wildman–Crippen MR) is 85.5 cm³/mol. The van der Waals surface area contributed by atoms with Crippen LogP contribution in [0.2, 0.25) is 0 Å². The summed E-state index contributed by atoms with van der Waals surface area (Å²) >= 11 is 0. The molecule has 1 aromatic heterocycles. The molecule has 0 aliphatic heterocycles. The number of hydroxylamine groups is 2. The Morgan fingerprint density at radius 3 is 2.73 bits per heavy atom. The van der Waals surface area contributed by atoms with E-state index in [0.717, 1.165) is 16.5 Å². The minimum absolute atomic E-state index is 0.433. The fourth-order valence-electron chi connectivity index (χ4n) is 2.20. The number of hydrogen-bond donors (Lipinski definition) is 1. The number of ether oxygens (including phenoxy) is 1. The van der Waals surface area contributed by atoms with Gasteiger partial charge in [0.15, 0.2) is 0 Å². The first-order valence-corrected chi connectivity index (χ1v) is 7.37. The first-order chi connectivity index (χ1) is 10.3. The number of para-hydroxylation sites is 1. The average Bonchev–Trinajstić information content (AvgIpc) is 2.44. The van der Waals surface area contributed by atoms with Gasteiger partial charge in [-0.25, -0.2) is 0 Å². The van der Waals surface area contributed by atoms with E-state index in [0.29, 0.717) is 6.42 Å². The van der Waals surface area contributed by atoms with Crippen molar-refractivity contribution >= 4 is 17.0 Å². The summed E-state index contributed by atoms with van der Waals surface area (Å²) in [4.78, 5) is 16.2. The number of amides is 1. The summed E-state index contributed by atoms with van der Waals surface area (Å²) in [5.41, 5.74) is 1.19. The lowest BCUT2D eigenvalue weighted by Crippen LogP contribution is -3.14. The highest BCUT2D eigenvalue weighted by Gasteiger charge is 2.25. The number of nitrogens with one attached hydrogen (secondary N) is 1. The third kappa shape index (κ3) is 4.26. The van der Waals surface area contributed by atoms with Crippen LogP contribution in [-0.4, -0.2) is 22.7 Å². The van der Waals surface area contributed by atoms with E-state index in [1.54, 1.807) is 33.9 Å². The predicted octanol–water partition coefficient (Wildman–Crippen LogP) is 2.48. The standard InChI is InChI=1S/C17H22N2O3/c1-12(19(21)16(20)22-17(2,3)4)9-13-10-14-7-5-6-8-15(14)18-11-13/h5-8,10-12,19H,9H2,1-4H3. The first kappa shape index (κ1) is 16.4. The lowest BCUT2D eigenvalue weighted by atomic mass is 10.1. The Morgan fingerprint density at radius 1 is 1.36 bits per heavy atom. The Hall–Kier alpha value is -1.98. The number of hydrogen-bond acceptors (Lipinski definition) is 4. The Kier molecular flexibility index (Phi) is 4.78. The quantitative estimate of drug-likeness (QED) is 0.885. The van der Waals surface area contributed by atoms with Gasteiger partial charge in [-0.1, -0.05) is 18.2 Å². The van der Waals surface area contributed by atoms with E-state index in [2.05, 4.69) is 4.98 Å². The molecule has 5 nitrogen and oxygen atoms in total. The highest BCUT2D eigenvalue weighted by Crippen LogP contribution is 2.13. The van der Waals surface area contributed by atoms with Crippen LogP contribution in [0, 0.1) is 5.21 Å². The van der Waals surface area contributed by atoms with Crippen LogP contribution in [0.25, 0.3) is 10.9 Å². The molecule has 0 spiro atoms. The summed E-state index contributed by atoms with van der Waals surface area (Å²) in [6.07, 6.45) is 1.45. The van der Waals surface area contributed by atoms with Crippen LogP contribution >= 0.6 is 0 Å². The molecule has 1 heterocycles. The van der Waals surface area contributed by atoms with Crippen molar-refractivity contribution in [2.75, 3.05) is 0 Å². The van der Waals surface area contributed by atoms with E-state index in [-0.39, 0.29) is 0 Å². The van der Waals surface area contributed by atoms with E-state index >= 15 is 0 Å². The van der Waals surface area contributed by atoms with E-state index in [4.69, 9.17) is 4.74 Å². The zero-order valence-corrected chi connectivity index (χ0v) is 13.4. The first-order valence-electron chi connectivity index (χ1n) is 7.37. The number of aromatic nitrogens is 1. The maximum atomic E-state index is 12.1. The molecule has 118 valence electrons. The summed E-state index contributed by atoms with van der Waals surface area (Å²) in [6, 6.07) is 9.37. The van der Waals surface area contributed by atoms with Crippen LogP contribution in [0.4, 0.5) is 4.79 Å². The fraction of sp³-hybridized carbons (Fsp3) is 0.412. The minimum atomic E-state index is -0.770. The summed E-state index contributed by atoms with van der Waals surface area (Å²) in [5, 5.41) is 12.6. The second-order valence-corrected chi connectivity index (χ2v) is 6.51. The average molecular weight is 302 g/mol. The largest absolute Gasteiger partial charge is 0.624 e. The van der Waals surface area contributed by atoms with Gasteiger partial charge in [-0.05, 0) is 45.4 Å². The number of fused-ring (bicyclic) bond motifs is 1. The Labute approximate surface area is 130 Å². The van der Waals surface area contributed by atoms with Crippen molar-refractivity contribution in [2.45, 2.75) is 45.8 Å². The molecule has 0 saturated heterocycles. The van der Waals surface area contributed by atoms with Gasteiger partial charge in [0.1, 0.15) is 5.60 Å². The molecule has 0 fully saturated rings. The Bertz CT molecular complexity index is 664. The normalized spacial score (nSPS) is 14.6. The molecule has 22 heavy (non-hydrogen) atoms. The second kappa shape index (κ2) is 6.42. The lowest BCUT2D eigenvalue weighted by molar-refractivity contribution is -0.797. The number of carbonyl (C=O) groups is 1. The molecular weight excluding hydrogens is 280 g/mol. The van der Waals surface area contributed by atoms with Gasteiger partial charge in [0.25, 0.3) is 0 Å². The number of quaternary nitrogens is 1. The smallest absolute Gasteiger partial charge is 0.515 e. The van der Waals surface area contributed by atoms with Gasteiger partial charge in [0.05, 0.1) is 11.6 Å². The molecule has 1 N–H and O–H groups in total. The van der Waals surface area contributed by atoms with Crippen molar-refractivity contribution in [3.8, 4) is 0 Å². The van der Waals surface area contributed by atoms with Crippen LogP contribution < -0.4 is 5.06 Å². The maximum Gasteiger partial charge on any atom is 0.515 e. The molecular formula is C17H22N2O3. The van der Waals surface area contributed by atoms with Gasteiger partial charge < -0.3 is 9.94 Å². The molecule has 1 aromatic carbocycles. The van der Waals surface area contributed by atoms with Gasteiger partial charge in [-0.15, -0.1) is 0 Å². The molecule has 0 bridgehead atoms. The molecule has 0 aliphatic rings.